The van der Waals surface area contributed by atoms with Gasteiger partial charge in [-0.2, -0.15) is 4.31 Å². The maximum absolute atomic E-state index is 12.5. The van der Waals surface area contributed by atoms with Gasteiger partial charge in [0.15, 0.2) is 5.75 Å². The van der Waals surface area contributed by atoms with E-state index in [2.05, 4.69) is 0 Å². The van der Waals surface area contributed by atoms with Gasteiger partial charge in [0, 0.05) is 18.1 Å². The van der Waals surface area contributed by atoms with Crippen LogP contribution in [0.3, 0.4) is 0 Å². The Morgan fingerprint density at radius 3 is 2.48 bits per heavy atom. The van der Waals surface area contributed by atoms with Crippen molar-refractivity contribution in [2.75, 3.05) is 26.8 Å². The SMILES string of the molecule is CCN(CCO)S(=O)(=O)c1cc(Cl)cc(C(=O)O)c1OC. The smallest absolute Gasteiger partial charge is 0.339 e. The normalized spacial score (nSPS) is 11.7. The fourth-order valence-electron chi connectivity index (χ4n) is 1.83. The van der Waals surface area contributed by atoms with Crippen molar-refractivity contribution in [3.05, 3.63) is 22.7 Å². The van der Waals surface area contributed by atoms with E-state index in [1.54, 1.807) is 6.92 Å². The molecule has 0 aromatic heterocycles. The van der Waals surface area contributed by atoms with Gasteiger partial charge >= 0.3 is 5.97 Å². The maximum atomic E-state index is 12.5. The standard InChI is InChI=1S/C12H16ClNO6S/c1-3-14(4-5-15)21(18,19)10-7-8(13)6-9(12(16)17)11(10)20-2/h6-7,15H,3-5H2,1-2H3,(H,16,17). The molecule has 7 nitrogen and oxygen atoms in total. The molecule has 0 fully saturated rings. The highest BCUT2D eigenvalue weighted by atomic mass is 35.5. The minimum Gasteiger partial charge on any atom is -0.494 e. The molecule has 0 atom stereocenters. The van der Waals surface area contributed by atoms with Crippen LogP contribution in [0.15, 0.2) is 17.0 Å². The van der Waals surface area contributed by atoms with Crippen LogP contribution in [0.25, 0.3) is 0 Å². The van der Waals surface area contributed by atoms with Crippen LogP contribution in [-0.2, 0) is 10.0 Å². The summed E-state index contributed by atoms with van der Waals surface area (Å²) in [5, 5.41) is 18.0. The van der Waals surface area contributed by atoms with E-state index in [1.807, 2.05) is 0 Å². The zero-order valence-corrected chi connectivity index (χ0v) is 13.1. The van der Waals surface area contributed by atoms with Crippen LogP contribution in [0.2, 0.25) is 5.02 Å². The molecule has 0 aliphatic heterocycles. The summed E-state index contributed by atoms with van der Waals surface area (Å²) >= 11 is 5.80. The van der Waals surface area contributed by atoms with Crippen LogP contribution >= 0.6 is 11.6 Å². The molecule has 1 aromatic carbocycles. The Balaban J connectivity index is 3.58. The summed E-state index contributed by atoms with van der Waals surface area (Å²) in [6.45, 7) is 1.24. The van der Waals surface area contributed by atoms with Crippen LogP contribution in [0.4, 0.5) is 0 Å². The Bertz CT molecular complexity index is 631. The number of rotatable bonds is 7. The van der Waals surface area contributed by atoms with Crippen molar-refractivity contribution in [2.24, 2.45) is 0 Å². The van der Waals surface area contributed by atoms with Gasteiger partial charge in [-0.15, -0.1) is 0 Å². The number of benzene rings is 1. The molecule has 1 rings (SSSR count). The monoisotopic (exact) mass is 337 g/mol. The number of likely N-dealkylation sites (N-methyl/N-ethyl adjacent to an activating group) is 1. The number of carboxylic acid groups (broad SMARTS) is 1. The van der Waals surface area contributed by atoms with Crippen LogP contribution in [0.1, 0.15) is 17.3 Å². The molecule has 0 saturated heterocycles. The second-order valence-electron chi connectivity index (χ2n) is 4.01. The van der Waals surface area contributed by atoms with Crippen molar-refractivity contribution >= 4 is 27.6 Å². The van der Waals surface area contributed by atoms with Gasteiger partial charge in [0.25, 0.3) is 0 Å². The lowest BCUT2D eigenvalue weighted by atomic mass is 10.2. The molecule has 9 heteroatoms. The third kappa shape index (κ3) is 3.65. The number of ether oxygens (including phenoxy) is 1. The average molecular weight is 338 g/mol. The molecular formula is C12H16ClNO6S. The molecule has 118 valence electrons. The lowest BCUT2D eigenvalue weighted by Crippen LogP contribution is -2.33. The number of methoxy groups -OCH3 is 1. The number of nitrogens with zero attached hydrogens (tertiary/aromatic N) is 1. The molecule has 2 N–H and O–H groups in total. The minimum absolute atomic E-state index is 0.0353. The van der Waals surface area contributed by atoms with Crippen LogP contribution in [0, 0.1) is 0 Å². The molecule has 0 heterocycles. The molecule has 0 unspecified atom stereocenters. The Morgan fingerprint density at radius 1 is 1.43 bits per heavy atom. The van der Waals surface area contributed by atoms with Crippen molar-refractivity contribution in [1.29, 1.82) is 0 Å². The van der Waals surface area contributed by atoms with E-state index in [0.29, 0.717) is 0 Å². The predicted molar refractivity (Wildman–Crippen MR) is 76.5 cm³/mol. The Kier molecular flexibility index (Phi) is 5.97. The third-order valence-corrected chi connectivity index (χ3v) is 4.97. The predicted octanol–water partition coefficient (Wildman–Crippen LogP) is 1.05. The number of hydrogen-bond donors (Lipinski definition) is 2. The Hall–Kier alpha value is -1.35. The fraction of sp³-hybridized carbons (Fsp3) is 0.417. The average Bonchev–Trinajstić information content (AvgIpc) is 2.43. The first-order chi connectivity index (χ1) is 9.79. The molecule has 0 spiro atoms. The molecular weight excluding hydrogens is 322 g/mol. The summed E-state index contributed by atoms with van der Waals surface area (Å²) in [6, 6.07) is 2.24. The summed E-state index contributed by atoms with van der Waals surface area (Å²) < 4.78 is 31.0. The van der Waals surface area contributed by atoms with Gasteiger partial charge in [0.05, 0.1) is 13.7 Å². The Morgan fingerprint density at radius 2 is 2.05 bits per heavy atom. The lowest BCUT2D eigenvalue weighted by Gasteiger charge is -2.21. The molecule has 0 radical (unpaired) electrons. The van der Waals surface area contributed by atoms with Gasteiger partial charge in [-0.25, -0.2) is 13.2 Å². The number of carbonyl (C=O) groups is 1. The van der Waals surface area contributed by atoms with Crippen molar-refractivity contribution in [3.8, 4) is 5.75 Å². The molecule has 0 bridgehead atoms. The molecule has 1 aromatic rings. The Labute approximate surface area is 127 Å². The fourth-order valence-corrected chi connectivity index (χ4v) is 3.75. The van der Waals surface area contributed by atoms with E-state index in [-0.39, 0.29) is 40.9 Å². The molecule has 0 amide bonds. The quantitative estimate of drug-likeness (QED) is 0.770. The van der Waals surface area contributed by atoms with Gasteiger partial charge in [0.2, 0.25) is 10.0 Å². The summed E-state index contributed by atoms with van der Waals surface area (Å²) in [4.78, 5) is 10.8. The van der Waals surface area contributed by atoms with Crippen LogP contribution < -0.4 is 4.74 Å². The van der Waals surface area contributed by atoms with Crippen molar-refractivity contribution < 1.29 is 28.2 Å². The van der Waals surface area contributed by atoms with Crippen LogP contribution in [-0.4, -0.2) is 55.7 Å². The molecule has 0 aliphatic rings. The summed E-state index contributed by atoms with van der Waals surface area (Å²) in [5.74, 6) is -1.64. The third-order valence-electron chi connectivity index (χ3n) is 2.77. The molecule has 0 saturated carbocycles. The number of halogens is 1. The molecule has 0 aliphatic carbocycles. The van der Waals surface area contributed by atoms with Gasteiger partial charge < -0.3 is 14.9 Å². The number of sulfonamides is 1. The van der Waals surface area contributed by atoms with E-state index < -0.39 is 16.0 Å². The highest BCUT2D eigenvalue weighted by molar-refractivity contribution is 7.89. The zero-order chi connectivity index (χ0) is 16.2. The molecule has 21 heavy (non-hydrogen) atoms. The van der Waals surface area contributed by atoms with Crippen molar-refractivity contribution in [1.82, 2.24) is 4.31 Å². The summed E-state index contributed by atoms with van der Waals surface area (Å²) in [6.07, 6.45) is 0. The van der Waals surface area contributed by atoms with Gasteiger partial charge in [-0.3, -0.25) is 0 Å². The lowest BCUT2D eigenvalue weighted by molar-refractivity contribution is 0.0692. The summed E-state index contributed by atoms with van der Waals surface area (Å²) in [7, 11) is -2.86. The van der Waals surface area contributed by atoms with Gasteiger partial charge in [0.1, 0.15) is 10.5 Å². The topological polar surface area (TPSA) is 104 Å². The first-order valence-corrected chi connectivity index (χ1v) is 7.83. The van der Waals surface area contributed by atoms with Gasteiger partial charge in [-0.1, -0.05) is 18.5 Å². The van der Waals surface area contributed by atoms with E-state index in [0.717, 1.165) is 16.4 Å². The van der Waals surface area contributed by atoms with Crippen LogP contribution in [0.5, 0.6) is 5.75 Å². The largest absolute Gasteiger partial charge is 0.494 e. The zero-order valence-electron chi connectivity index (χ0n) is 11.5. The van der Waals surface area contributed by atoms with E-state index in [4.69, 9.17) is 26.6 Å². The van der Waals surface area contributed by atoms with E-state index >= 15 is 0 Å². The van der Waals surface area contributed by atoms with E-state index in [1.165, 1.54) is 7.11 Å². The first-order valence-electron chi connectivity index (χ1n) is 6.01. The number of hydrogen-bond acceptors (Lipinski definition) is 5. The first kappa shape index (κ1) is 17.7. The number of carboxylic acids is 1. The van der Waals surface area contributed by atoms with Gasteiger partial charge in [-0.05, 0) is 12.1 Å². The number of aliphatic hydroxyl groups is 1. The van der Waals surface area contributed by atoms with Crippen molar-refractivity contribution in [2.45, 2.75) is 11.8 Å². The maximum Gasteiger partial charge on any atom is 0.339 e. The summed E-state index contributed by atoms with van der Waals surface area (Å²) in [5.41, 5.74) is -0.344. The number of aliphatic hydroxyl groups excluding tert-OH is 1. The minimum atomic E-state index is -4.03. The van der Waals surface area contributed by atoms with Crippen molar-refractivity contribution in [3.63, 3.8) is 0 Å². The number of aromatic carboxylic acids is 1. The van der Waals surface area contributed by atoms with E-state index in [9.17, 15) is 13.2 Å². The second kappa shape index (κ2) is 7.08. The second-order valence-corrected chi connectivity index (χ2v) is 6.35. The highest BCUT2D eigenvalue weighted by Gasteiger charge is 2.30. The highest BCUT2D eigenvalue weighted by Crippen LogP contribution is 2.33.